The molecular formula is C23H24N4O6S. The number of carbonyl (C=O) groups excluding carboxylic acids is 1. The lowest BCUT2D eigenvalue weighted by Crippen LogP contribution is -2.50. The number of hydrogen-bond acceptors (Lipinski definition) is 7. The monoisotopic (exact) mass is 484 g/mol. The number of ether oxygens (including phenoxy) is 3. The highest BCUT2D eigenvalue weighted by molar-refractivity contribution is 7.89. The first kappa shape index (κ1) is 22.2. The van der Waals surface area contributed by atoms with Crippen LogP contribution in [0.5, 0.6) is 17.2 Å². The van der Waals surface area contributed by atoms with Crippen LogP contribution in [0, 0.1) is 0 Å². The van der Waals surface area contributed by atoms with Crippen LogP contribution in [0.3, 0.4) is 0 Å². The number of sulfonamides is 1. The van der Waals surface area contributed by atoms with Crippen LogP contribution in [0.4, 0.5) is 0 Å². The van der Waals surface area contributed by atoms with Gasteiger partial charge in [-0.2, -0.15) is 9.40 Å². The van der Waals surface area contributed by atoms with E-state index in [1.54, 1.807) is 21.8 Å². The number of para-hydroxylation sites is 1. The fourth-order valence-corrected chi connectivity index (χ4v) is 5.42. The van der Waals surface area contributed by atoms with Crippen LogP contribution in [0.15, 0.2) is 59.6 Å². The minimum absolute atomic E-state index is 0.139. The van der Waals surface area contributed by atoms with Gasteiger partial charge in [-0.15, -0.1) is 0 Å². The lowest BCUT2D eigenvalue weighted by Gasteiger charge is -2.33. The molecule has 1 aromatic heterocycles. The summed E-state index contributed by atoms with van der Waals surface area (Å²) in [7, 11) is -2.25. The van der Waals surface area contributed by atoms with Crippen molar-refractivity contribution in [2.75, 3.05) is 46.5 Å². The second kappa shape index (κ2) is 8.99. The van der Waals surface area contributed by atoms with Crippen LogP contribution < -0.4 is 14.2 Å². The molecule has 5 rings (SSSR count). The van der Waals surface area contributed by atoms with Gasteiger partial charge in [-0.25, -0.2) is 13.1 Å². The van der Waals surface area contributed by atoms with E-state index in [0.717, 1.165) is 5.69 Å². The summed E-state index contributed by atoms with van der Waals surface area (Å²) in [6.45, 7) is 1.63. The molecule has 0 radical (unpaired) electrons. The van der Waals surface area contributed by atoms with Gasteiger partial charge in [0.15, 0.2) is 22.9 Å². The number of rotatable bonds is 5. The molecule has 11 heteroatoms. The van der Waals surface area contributed by atoms with E-state index < -0.39 is 10.0 Å². The third kappa shape index (κ3) is 4.08. The Labute approximate surface area is 197 Å². The first-order chi connectivity index (χ1) is 16.5. The van der Waals surface area contributed by atoms with Crippen molar-refractivity contribution < 1.29 is 27.4 Å². The highest BCUT2D eigenvalue weighted by atomic mass is 32.2. The van der Waals surface area contributed by atoms with Crippen LogP contribution >= 0.6 is 0 Å². The van der Waals surface area contributed by atoms with E-state index in [1.165, 1.54) is 23.5 Å². The van der Waals surface area contributed by atoms with Crippen molar-refractivity contribution >= 4 is 15.9 Å². The van der Waals surface area contributed by atoms with E-state index >= 15 is 0 Å². The lowest BCUT2D eigenvalue weighted by molar-refractivity contribution is 0.0688. The highest BCUT2D eigenvalue weighted by Crippen LogP contribution is 2.33. The van der Waals surface area contributed by atoms with Crippen molar-refractivity contribution in [2.45, 2.75) is 4.90 Å². The Morgan fingerprint density at radius 1 is 0.971 bits per heavy atom. The number of methoxy groups -OCH3 is 1. The maximum absolute atomic E-state index is 13.2. The van der Waals surface area contributed by atoms with Gasteiger partial charge in [-0.3, -0.25) is 4.79 Å². The number of aromatic nitrogens is 2. The molecule has 2 aromatic carbocycles. The van der Waals surface area contributed by atoms with Gasteiger partial charge in [0.25, 0.3) is 5.91 Å². The number of amides is 1. The first-order valence-corrected chi connectivity index (χ1v) is 12.3. The predicted molar refractivity (Wildman–Crippen MR) is 122 cm³/mol. The molecule has 0 saturated carbocycles. The summed E-state index contributed by atoms with van der Waals surface area (Å²) >= 11 is 0. The van der Waals surface area contributed by atoms with E-state index in [9.17, 15) is 13.2 Å². The number of carbonyl (C=O) groups is 1. The molecule has 0 aliphatic carbocycles. The molecule has 3 aromatic rings. The Bertz CT molecular complexity index is 1300. The van der Waals surface area contributed by atoms with Crippen LogP contribution in [-0.2, 0) is 10.0 Å². The Morgan fingerprint density at radius 3 is 2.38 bits per heavy atom. The molecule has 178 valence electrons. The van der Waals surface area contributed by atoms with Crippen LogP contribution in [-0.4, -0.2) is 79.8 Å². The Morgan fingerprint density at radius 2 is 1.68 bits per heavy atom. The number of fused-ring (bicyclic) bond motifs is 1. The van der Waals surface area contributed by atoms with Gasteiger partial charge in [0.1, 0.15) is 13.2 Å². The van der Waals surface area contributed by atoms with Gasteiger partial charge in [-0.05, 0) is 24.3 Å². The van der Waals surface area contributed by atoms with Gasteiger partial charge in [0.2, 0.25) is 10.0 Å². The maximum Gasteiger partial charge on any atom is 0.278 e. The first-order valence-electron chi connectivity index (χ1n) is 10.9. The third-order valence-corrected chi connectivity index (χ3v) is 7.70. The molecule has 0 atom stereocenters. The van der Waals surface area contributed by atoms with Crippen LogP contribution in [0.25, 0.3) is 5.69 Å². The summed E-state index contributed by atoms with van der Waals surface area (Å²) < 4.78 is 45.7. The van der Waals surface area contributed by atoms with Gasteiger partial charge in [0, 0.05) is 32.2 Å². The number of nitrogens with zero attached hydrogens (tertiary/aromatic N) is 4. The third-order valence-electron chi connectivity index (χ3n) is 5.80. The highest BCUT2D eigenvalue weighted by Gasteiger charge is 2.33. The molecule has 10 nitrogen and oxygen atoms in total. The van der Waals surface area contributed by atoms with Crippen molar-refractivity contribution in [1.29, 1.82) is 0 Å². The smallest absolute Gasteiger partial charge is 0.278 e. The van der Waals surface area contributed by atoms with Crippen molar-refractivity contribution in [2.24, 2.45) is 0 Å². The summed E-state index contributed by atoms with van der Waals surface area (Å²) in [5, 5.41) is 4.43. The average Bonchev–Trinajstić information content (AvgIpc) is 3.33. The Balaban J connectivity index is 1.30. The second-order valence-electron chi connectivity index (χ2n) is 7.83. The minimum Gasteiger partial charge on any atom is -0.493 e. The van der Waals surface area contributed by atoms with Crippen molar-refractivity contribution in [1.82, 2.24) is 19.0 Å². The minimum atomic E-state index is -3.74. The van der Waals surface area contributed by atoms with Gasteiger partial charge in [0.05, 0.1) is 23.9 Å². The molecule has 0 N–H and O–H groups in total. The van der Waals surface area contributed by atoms with E-state index in [4.69, 9.17) is 14.2 Å². The molecule has 1 saturated heterocycles. The average molecular weight is 485 g/mol. The fourth-order valence-electron chi connectivity index (χ4n) is 3.98. The fraction of sp³-hybridized carbons (Fsp3) is 0.304. The standard InChI is InChI=1S/C23H24N4O6S/c1-31-21-16-27(17-5-3-2-4-6-17)24-22(21)23(28)25-9-11-26(12-10-25)34(29,30)18-7-8-19-20(15-18)33-14-13-32-19/h2-8,15-16H,9-14H2,1H3. The summed E-state index contributed by atoms with van der Waals surface area (Å²) in [4.78, 5) is 14.9. The molecule has 1 amide bonds. The van der Waals surface area contributed by atoms with E-state index in [0.29, 0.717) is 30.5 Å². The molecular weight excluding hydrogens is 460 g/mol. The molecule has 0 bridgehead atoms. The summed E-state index contributed by atoms with van der Waals surface area (Å²) in [6, 6.07) is 14.0. The van der Waals surface area contributed by atoms with Gasteiger partial charge >= 0.3 is 0 Å². The zero-order valence-corrected chi connectivity index (χ0v) is 19.4. The SMILES string of the molecule is COc1cn(-c2ccccc2)nc1C(=O)N1CCN(S(=O)(=O)c2ccc3c(c2)OCCO3)CC1. The normalized spacial score (nSPS) is 16.3. The van der Waals surface area contributed by atoms with Crippen molar-refractivity contribution in [3.05, 3.63) is 60.4 Å². The molecule has 0 unspecified atom stereocenters. The molecule has 34 heavy (non-hydrogen) atoms. The largest absolute Gasteiger partial charge is 0.493 e. The van der Waals surface area contributed by atoms with E-state index in [1.807, 2.05) is 30.3 Å². The number of benzene rings is 2. The zero-order chi connectivity index (χ0) is 23.7. The topological polar surface area (TPSA) is 103 Å². The molecule has 3 heterocycles. The summed E-state index contributed by atoms with van der Waals surface area (Å²) in [6.07, 6.45) is 1.66. The second-order valence-corrected chi connectivity index (χ2v) is 9.77. The summed E-state index contributed by atoms with van der Waals surface area (Å²) in [5.41, 5.74) is 0.990. The number of hydrogen-bond donors (Lipinski definition) is 0. The Hall–Kier alpha value is -3.57. The van der Waals surface area contributed by atoms with Crippen LogP contribution in [0.2, 0.25) is 0 Å². The van der Waals surface area contributed by atoms with Crippen molar-refractivity contribution in [3.63, 3.8) is 0 Å². The van der Waals surface area contributed by atoms with Crippen LogP contribution in [0.1, 0.15) is 10.5 Å². The summed E-state index contributed by atoms with van der Waals surface area (Å²) in [5.74, 6) is 1.01. The maximum atomic E-state index is 13.2. The van der Waals surface area contributed by atoms with Gasteiger partial charge < -0.3 is 19.1 Å². The van der Waals surface area contributed by atoms with Crippen molar-refractivity contribution in [3.8, 4) is 22.9 Å². The molecule has 2 aliphatic heterocycles. The Kier molecular flexibility index (Phi) is 5.88. The zero-order valence-electron chi connectivity index (χ0n) is 18.6. The lowest BCUT2D eigenvalue weighted by atomic mass is 10.3. The molecule has 2 aliphatic rings. The van der Waals surface area contributed by atoms with E-state index in [-0.39, 0.29) is 42.7 Å². The van der Waals surface area contributed by atoms with E-state index in [2.05, 4.69) is 5.10 Å². The number of piperazine rings is 1. The quantitative estimate of drug-likeness (QED) is 0.544. The molecule has 1 fully saturated rings. The molecule has 0 spiro atoms. The van der Waals surface area contributed by atoms with Gasteiger partial charge in [-0.1, -0.05) is 18.2 Å². The predicted octanol–water partition coefficient (Wildman–Crippen LogP) is 1.80.